The minimum absolute atomic E-state index is 0.243. The van der Waals surface area contributed by atoms with Crippen LogP contribution in [0.4, 0.5) is 4.79 Å². The van der Waals surface area contributed by atoms with Gasteiger partial charge in [0, 0.05) is 24.8 Å². The second-order valence-corrected chi connectivity index (χ2v) is 7.75. The van der Waals surface area contributed by atoms with Crippen LogP contribution in [0.1, 0.15) is 44.3 Å². The first-order valence-corrected chi connectivity index (χ1v) is 8.69. The molecule has 128 valence electrons. The maximum absolute atomic E-state index is 12.0. The van der Waals surface area contributed by atoms with Crippen LogP contribution in [-0.4, -0.2) is 46.7 Å². The summed E-state index contributed by atoms with van der Waals surface area (Å²) in [6, 6.07) is 0. The quantitative estimate of drug-likeness (QED) is 0.788. The number of esters is 1. The third-order valence-electron chi connectivity index (χ3n) is 3.35. The van der Waals surface area contributed by atoms with Gasteiger partial charge in [0.1, 0.15) is 11.7 Å². The van der Waals surface area contributed by atoms with Crippen LogP contribution in [0.2, 0.25) is 0 Å². The zero-order chi connectivity index (χ0) is 17.0. The van der Waals surface area contributed by atoms with Gasteiger partial charge in [0.15, 0.2) is 0 Å². The van der Waals surface area contributed by atoms with Crippen molar-refractivity contribution in [2.24, 2.45) is 0 Å². The molecule has 2 heterocycles. The van der Waals surface area contributed by atoms with Crippen LogP contribution < -0.4 is 0 Å². The Morgan fingerprint density at radius 1 is 1.43 bits per heavy atom. The fourth-order valence-corrected chi connectivity index (χ4v) is 2.96. The second-order valence-electron chi connectivity index (χ2n) is 6.68. The van der Waals surface area contributed by atoms with E-state index in [0.29, 0.717) is 32.4 Å². The fraction of sp³-hybridized carbons (Fsp3) is 0.688. The Bertz CT molecular complexity index is 565. The molecule has 23 heavy (non-hydrogen) atoms. The lowest BCUT2D eigenvalue weighted by Crippen LogP contribution is -2.36. The Morgan fingerprint density at radius 2 is 2.17 bits per heavy atom. The molecule has 6 nitrogen and oxygen atoms in total. The van der Waals surface area contributed by atoms with E-state index in [2.05, 4.69) is 4.98 Å². The number of aromatic nitrogens is 1. The Kier molecular flexibility index (Phi) is 5.62. The van der Waals surface area contributed by atoms with Gasteiger partial charge in [0.2, 0.25) is 0 Å². The first-order valence-electron chi connectivity index (χ1n) is 7.81. The van der Waals surface area contributed by atoms with Crippen LogP contribution in [0.3, 0.4) is 0 Å². The molecule has 1 atom stereocenters. The summed E-state index contributed by atoms with van der Waals surface area (Å²) in [5.74, 6) is -0.244. The van der Waals surface area contributed by atoms with Crippen LogP contribution in [0, 0.1) is 6.92 Å². The van der Waals surface area contributed by atoms with Crippen molar-refractivity contribution in [3.05, 3.63) is 16.1 Å². The summed E-state index contributed by atoms with van der Waals surface area (Å²) in [5, 5.41) is 2.96. The molecule has 0 saturated carbocycles. The highest BCUT2D eigenvalue weighted by Gasteiger charge is 2.31. The van der Waals surface area contributed by atoms with Crippen molar-refractivity contribution in [2.75, 3.05) is 13.1 Å². The predicted molar refractivity (Wildman–Crippen MR) is 87.5 cm³/mol. The molecule has 1 aliphatic heterocycles. The van der Waals surface area contributed by atoms with Gasteiger partial charge in [-0.3, -0.25) is 4.79 Å². The van der Waals surface area contributed by atoms with Gasteiger partial charge in [0.05, 0.1) is 23.7 Å². The summed E-state index contributed by atoms with van der Waals surface area (Å²) in [6.07, 6.45) is 0.958. The zero-order valence-electron chi connectivity index (χ0n) is 14.1. The molecule has 1 saturated heterocycles. The van der Waals surface area contributed by atoms with Gasteiger partial charge in [-0.2, -0.15) is 0 Å². The van der Waals surface area contributed by atoms with E-state index in [4.69, 9.17) is 9.47 Å². The third-order valence-corrected chi connectivity index (χ3v) is 4.17. The Hall–Kier alpha value is -1.63. The number of nitrogens with zero attached hydrogens (tertiary/aromatic N) is 2. The summed E-state index contributed by atoms with van der Waals surface area (Å²) >= 11 is 1.58. The lowest BCUT2D eigenvalue weighted by atomic mass is 10.2. The number of likely N-dealkylation sites (tertiary alicyclic amines) is 1. The SMILES string of the molecule is Cc1nc(CCC(=O)O[C@@H]2CCN(C(=O)OC(C)(C)C)C2)cs1. The molecule has 0 N–H and O–H groups in total. The molecule has 2 rings (SSSR count). The lowest BCUT2D eigenvalue weighted by molar-refractivity contribution is -0.148. The van der Waals surface area contributed by atoms with E-state index in [1.165, 1.54) is 0 Å². The summed E-state index contributed by atoms with van der Waals surface area (Å²) < 4.78 is 10.8. The topological polar surface area (TPSA) is 68.7 Å². The van der Waals surface area contributed by atoms with Crippen molar-refractivity contribution in [1.29, 1.82) is 0 Å². The molecule has 1 fully saturated rings. The highest BCUT2D eigenvalue weighted by Crippen LogP contribution is 2.18. The number of hydrogen-bond donors (Lipinski definition) is 0. The molecular formula is C16H24N2O4S. The van der Waals surface area contributed by atoms with Gasteiger partial charge in [-0.25, -0.2) is 9.78 Å². The standard InChI is InChI=1S/C16H24N2O4S/c1-11-17-12(10-23-11)5-6-14(19)21-13-7-8-18(9-13)15(20)22-16(2,3)4/h10,13H,5-9H2,1-4H3/t13-/m1/s1. The van der Waals surface area contributed by atoms with Crippen molar-refractivity contribution in [1.82, 2.24) is 9.88 Å². The van der Waals surface area contributed by atoms with Crippen molar-refractivity contribution in [2.45, 2.75) is 58.7 Å². The molecule has 0 unspecified atom stereocenters. The average Bonchev–Trinajstić information content (AvgIpc) is 3.04. The molecule has 0 bridgehead atoms. The van der Waals surface area contributed by atoms with Gasteiger partial charge < -0.3 is 14.4 Å². The van der Waals surface area contributed by atoms with Gasteiger partial charge in [-0.15, -0.1) is 11.3 Å². The number of carbonyl (C=O) groups is 2. The van der Waals surface area contributed by atoms with Crippen LogP contribution in [0.25, 0.3) is 0 Å². The van der Waals surface area contributed by atoms with E-state index in [1.807, 2.05) is 33.1 Å². The number of hydrogen-bond acceptors (Lipinski definition) is 6. The molecule has 1 amide bonds. The van der Waals surface area contributed by atoms with Crippen LogP contribution >= 0.6 is 11.3 Å². The van der Waals surface area contributed by atoms with Crippen LogP contribution in [0.5, 0.6) is 0 Å². The van der Waals surface area contributed by atoms with E-state index < -0.39 is 5.60 Å². The third kappa shape index (κ3) is 5.82. The maximum atomic E-state index is 12.0. The summed E-state index contributed by atoms with van der Waals surface area (Å²) in [4.78, 5) is 29.8. The molecule has 1 aromatic heterocycles. The number of rotatable bonds is 4. The highest BCUT2D eigenvalue weighted by molar-refractivity contribution is 7.09. The summed E-state index contributed by atoms with van der Waals surface area (Å²) in [5.41, 5.74) is 0.406. The molecule has 0 radical (unpaired) electrons. The smallest absolute Gasteiger partial charge is 0.410 e. The minimum Gasteiger partial charge on any atom is -0.460 e. The normalized spacial score (nSPS) is 18.1. The molecule has 0 aromatic carbocycles. The molecule has 0 spiro atoms. The second kappa shape index (κ2) is 7.29. The van der Waals surface area contributed by atoms with E-state index in [0.717, 1.165) is 10.7 Å². The van der Waals surface area contributed by atoms with Crippen LogP contribution in [-0.2, 0) is 20.7 Å². The monoisotopic (exact) mass is 340 g/mol. The summed E-state index contributed by atoms with van der Waals surface area (Å²) in [7, 11) is 0. The van der Waals surface area contributed by atoms with E-state index in [9.17, 15) is 9.59 Å². The Morgan fingerprint density at radius 3 is 2.78 bits per heavy atom. The number of thiazole rings is 1. The number of carbonyl (C=O) groups excluding carboxylic acids is 2. The predicted octanol–water partition coefficient (Wildman–Crippen LogP) is 2.94. The highest BCUT2D eigenvalue weighted by atomic mass is 32.1. The van der Waals surface area contributed by atoms with Crippen molar-refractivity contribution in [3.8, 4) is 0 Å². The van der Waals surface area contributed by atoms with Crippen molar-refractivity contribution >= 4 is 23.4 Å². The van der Waals surface area contributed by atoms with Gasteiger partial charge >= 0.3 is 12.1 Å². The number of amides is 1. The Labute approximate surface area is 140 Å². The van der Waals surface area contributed by atoms with Gasteiger partial charge in [0.25, 0.3) is 0 Å². The molecule has 1 aromatic rings. The first-order chi connectivity index (χ1) is 10.7. The number of aryl methyl sites for hydroxylation is 2. The molecule has 7 heteroatoms. The fourth-order valence-electron chi connectivity index (χ4n) is 2.31. The number of ether oxygens (including phenoxy) is 2. The van der Waals surface area contributed by atoms with Crippen molar-refractivity contribution < 1.29 is 19.1 Å². The van der Waals surface area contributed by atoms with Crippen LogP contribution in [0.15, 0.2) is 5.38 Å². The van der Waals surface area contributed by atoms with Gasteiger partial charge in [-0.1, -0.05) is 0 Å². The minimum atomic E-state index is -0.516. The lowest BCUT2D eigenvalue weighted by Gasteiger charge is -2.24. The molecular weight excluding hydrogens is 316 g/mol. The van der Waals surface area contributed by atoms with E-state index >= 15 is 0 Å². The maximum Gasteiger partial charge on any atom is 0.410 e. The van der Waals surface area contributed by atoms with E-state index in [1.54, 1.807) is 16.2 Å². The van der Waals surface area contributed by atoms with E-state index in [-0.39, 0.29) is 18.2 Å². The first kappa shape index (κ1) is 17.7. The van der Waals surface area contributed by atoms with Gasteiger partial charge in [-0.05, 0) is 27.7 Å². The molecule has 1 aliphatic rings. The molecule has 0 aliphatic carbocycles. The average molecular weight is 340 g/mol. The van der Waals surface area contributed by atoms with Crippen molar-refractivity contribution in [3.63, 3.8) is 0 Å². The largest absolute Gasteiger partial charge is 0.460 e. The zero-order valence-corrected chi connectivity index (χ0v) is 14.9. The summed E-state index contributed by atoms with van der Waals surface area (Å²) in [6.45, 7) is 8.39. The Balaban J connectivity index is 1.72.